The lowest BCUT2D eigenvalue weighted by molar-refractivity contribution is 0.00545. The van der Waals surface area contributed by atoms with Crippen LogP contribution in [0.4, 0.5) is 0 Å². The molecule has 0 spiro atoms. The summed E-state index contributed by atoms with van der Waals surface area (Å²) in [5.74, 6) is 0. The van der Waals surface area contributed by atoms with E-state index in [1.165, 1.54) is 44.9 Å². The molecule has 0 aliphatic heterocycles. The van der Waals surface area contributed by atoms with Crippen molar-refractivity contribution in [1.29, 1.82) is 0 Å². The van der Waals surface area contributed by atoms with E-state index in [1.807, 2.05) is 0 Å². The highest BCUT2D eigenvalue weighted by atomic mass is 16.5. The summed E-state index contributed by atoms with van der Waals surface area (Å²) >= 11 is 0. The van der Waals surface area contributed by atoms with Gasteiger partial charge in [-0.3, -0.25) is 0 Å². The first-order valence-electron chi connectivity index (χ1n) is 6.17. The van der Waals surface area contributed by atoms with Crippen LogP contribution in [0.15, 0.2) is 0 Å². The molecule has 84 valence electrons. The summed E-state index contributed by atoms with van der Waals surface area (Å²) in [6, 6.07) is 0.602. The molecule has 1 aliphatic rings. The Hall–Kier alpha value is -0.0800. The molecule has 0 aromatic heterocycles. The van der Waals surface area contributed by atoms with Crippen LogP contribution in [-0.2, 0) is 4.74 Å². The maximum atomic E-state index is 5.93. The van der Waals surface area contributed by atoms with Crippen molar-refractivity contribution >= 4 is 0 Å². The van der Waals surface area contributed by atoms with E-state index in [9.17, 15) is 0 Å². The van der Waals surface area contributed by atoms with Crippen molar-refractivity contribution in [3.63, 3.8) is 0 Å². The molecule has 14 heavy (non-hydrogen) atoms. The summed E-state index contributed by atoms with van der Waals surface area (Å²) in [4.78, 5) is 0. The second-order valence-corrected chi connectivity index (χ2v) is 4.30. The van der Waals surface area contributed by atoms with Crippen molar-refractivity contribution in [2.75, 3.05) is 13.7 Å². The number of nitrogens with one attached hydrogen (secondary N) is 1. The standard InChI is InChI=1S/C12H25NO/c1-3-4-7-10-14-12-9-6-5-8-11(12)13-2/h11-13H,3-10H2,1-2H3. The van der Waals surface area contributed by atoms with Crippen LogP contribution in [0.3, 0.4) is 0 Å². The van der Waals surface area contributed by atoms with E-state index in [-0.39, 0.29) is 0 Å². The topological polar surface area (TPSA) is 21.3 Å². The lowest BCUT2D eigenvalue weighted by atomic mass is 9.92. The fourth-order valence-corrected chi connectivity index (χ4v) is 2.21. The first kappa shape index (κ1) is 12.0. The average molecular weight is 199 g/mol. The minimum atomic E-state index is 0.477. The summed E-state index contributed by atoms with van der Waals surface area (Å²) in [5.41, 5.74) is 0. The third-order valence-corrected chi connectivity index (χ3v) is 3.15. The van der Waals surface area contributed by atoms with Crippen molar-refractivity contribution in [2.45, 2.75) is 64.0 Å². The molecule has 1 saturated carbocycles. The molecule has 2 nitrogen and oxygen atoms in total. The molecule has 2 atom stereocenters. The van der Waals surface area contributed by atoms with Gasteiger partial charge in [-0.25, -0.2) is 0 Å². The van der Waals surface area contributed by atoms with Crippen LogP contribution in [-0.4, -0.2) is 25.8 Å². The third-order valence-electron chi connectivity index (χ3n) is 3.15. The number of ether oxygens (including phenoxy) is 1. The zero-order valence-corrected chi connectivity index (χ0v) is 9.72. The molecular formula is C12H25NO. The van der Waals surface area contributed by atoms with Gasteiger partial charge >= 0.3 is 0 Å². The lowest BCUT2D eigenvalue weighted by Crippen LogP contribution is -2.41. The Morgan fingerprint density at radius 1 is 1.21 bits per heavy atom. The molecule has 0 bridgehead atoms. The molecule has 1 aliphatic carbocycles. The summed E-state index contributed by atoms with van der Waals surface area (Å²) in [6.07, 6.45) is 9.53. The fourth-order valence-electron chi connectivity index (χ4n) is 2.21. The van der Waals surface area contributed by atoms with Crippen molar-refractivity contribution in [3.05, 3.63) is 0 Å². The molecule has 0 aromatic rings. The number of rotatable bonds is 6. The van der Waals surface area contributed by atoms with Crippen molar-refractivity contribution in [1.82, 2.24) is 5.32 Å². The Kier molecular flexibility index (Phi) is 6.20. The average Bonchev–Trinajstić information content (AvgIpc) is 2.25. The molecular weight excluding hydrogens is 174 g/mol. The molecule has 0 radical (unpaired) electrons. The van der Waals surface area contributed by atoms with Crippen LogP contribution >= 0.6 is 0 Å². The van der Waals surface area contributed by atoms with Crippen LogP contribution in [0, 0.1) is 0 Å². The smallest absolute Gasteiger partial charge is 0.0727 e. The predicted octanol–water partition coefficient (Wildman–Crippen LogP) is 2.72. The molecule has 2 heteroatoms. The largest absolute Gasteiger partial charge is 0.377 e. The molecule has 0 aromatic carbocycles. The molecule has 0 saturated heterocycles. The van der Waals surface area contributed by atoms with Crippen LogP contribution in [0.2, 0.25) is 0 Å². The van der Waals surface area contributed by atoms with E-state index in [4.69, 9.17) is 4.74 Å². The monoisotopic (exact) mass is 199 g/mol. The van der Waals surface area contributed by atoms with Gasteiger partial charge in [-0.15, -0.1) is 0 Å². The van der Waals surface area contributed by atoms with Crippen LogP contribution in [0.1, 0.15) is 51.9 Å². The lowest BCUT2D eigenvalue weighted by Gasteiger charge is -2.31. The second-order valence-electron chi connectivity index (χ2n) is 4.30. The van der Waals surface area contributed by atoms with Gasteiger partial charge in [0.05, 0.1) is 6.10 Å². The van der Waals surface area contributed by atoms with Gasteiger partial charge in [0.15, 0.2) is 0 Å². The molecule has 0 heterocycles. The van der Waals surface area contributed by atoms with Gasteiger partial charge in [-0.1, -0.05) is 32.6 Å². The van der Waals surface area contributed by atoms with Gasteiger partial charge in [-0.05, 0) is 26.3 Å². The molecule has 0 amide bonds. The Morgan fingerprint density at radius 2 is 2.00 bits per heavy atom. The predicted molar refractivity (Wildman–Crippen MR) is 60.6 cm³/mol. The first-order valence-corrected chi connectivity index (χ1v) is 6.17. The second kappa shape index (κ2) is 7.24. The van der Waals surface area contributed by atoms with Crippen molar-refractivity contribution < 1.29 is 4.74 Å². The maximum Gasteiger partial charge on any atom is 0.0727 e. The van der Waals surface area contributed by atoms with E-state index in [2.05, 4.69) is 19.3 Å². The van der Waals surface area contributed by atoms with Gasteiger partial charge in [0, 0.05) is 12.6 Å². The van der Waals surface area contributed by atoms with Gasteiger partial charge < -0.3 is 10.1 Å². The Bertz CT molecular complexity index is 138. The highest BCUT2D eigenvalue weighted by Crippen LogP contribution is 2.21. The SMILES string of the molecule is CCCCCOC1CCCCC1NC. The number of hydrogen-bond donors (Lipinski definition) is 1. The molecule has 1 fully saturated rings. The Morgan fingerprint density at radius 3 is 2.71 bits per heavy atom. The zero-order chi connectivity index (χ0) is 10.2. The maximum absolute atomic E-state index is 5.93. The number of unbranched alkanes of at least 4 members (excludes halogenated alkanes) is 2. The molecule has 1 N–H and O–H groups in total. The zero-order valence-electron chi connectivity index (χ0n) is 9.72. The van der Waals surface area contributed by atoms with E-state index < -0.39 is 0 Å². The molecule has 1 rings (SSSR count). The summed E-state index contributed by atoms with van der Waals surface area (Å²) in [5, 5.41) is 3.37. The highest BCUT2D eigenvalue weighted by molar-refractivity contribution is 4.80. The summed E-state index contributed by atoms with van der Waals surface area (Å²) < 4.78 is 5.93. The van der Waals surface area contributed by atoms with Gasteiger partial charge in [-0.2, -0.15) is 0 Å². The van der Waals surface area contributed by atoms with E-state index in [0.29, 0.717) is 12.1 Å². The number of likely N-dealkylation sites (N-methyl/N-ethyl adjacent to an activating group) is 1. The Labute approximate surface area is 88.4 Å². The van der Waals surface area contributed by atoms with Gasteiger partial charge in [0.2, 0.25) is 0 Å². The Balaban J connectivity index is 2.13. The van der Waals surface area contributed by atoms with Crippen molar-refractivity contribution in [3.8, 4) is 0 Å². The van der Waals surface area contributed by atoms with Crippen LogP contribution in [0.25, 0.3) is 0 Å². The third kappa shape index (κ3) is 3.97. The van der Waals surface area contributed by atoms with Gasteiger partial charge in [0.1, 0.15) is 0 Å². The minimum Gasteiger partial charge on any atom is -0.377 e. The fraction of sp³-hybridized carbons (Fsp3) is 1.00. The number of hydrogen-bond acceptors (Lipinski definition) is 2. The van der Waals surface area contributed by atoms with Crippen LogP contribution < -0.4 is 5.32 Å². The van der Waals surface area contributed by atoms with E-state index >= 15 is 0 Å². The first-order chi connectivity index (χ1) is 6.88. The van der Waals surface area contributed by atoms with Gasteiger partial charge in [0.25, 0.3) is 0 Å². The van der Waals surface area contributed by atoms with Crippen molar-refractivity contribution in [2.24, 2.45) is 0 Å². The minimum absolute atomic E-state index is 0.477. The highest BCUT2D eigenvalue weighted by Gasteiger charge is 2.23. The van der Waals surface area contributed by atoms with E-state index in [1.54, 1.807) is 0 Å². The van der Waals surface area contributed by atoms with E-state index in [0.717, 1.165) is 6.61 Å². The summed E-state index contributed by atoms with van der Waals surface area (Å²) in [6.45, 7) is 3.19. The molecule has 2 unspecified atom stereocenters. The normalized spacial score (nSPS) is 27.9. The van der Waals surface area contributed by atoms with Crippen LogP contribution in [0.5, 0.6) is 0 Å². The quantitative estimate of drug-likeness (QED) is 0.664. The summed E-state index contributed by atoms with van der Waals surface area (Å²) in [7, 11) is 2.05.